The molecule has 11 heavy (non-hydrogen) atoms. The van der Waals surface area contributed by atoms with Gasteiger partial charge in [-0.2, -0.15) is 0 Å². The highest BCUT2D eigenvalue weighted by molar-refractivity contribution is 5.94. The summed E-state index contributed by atoms with van der Waals surface area (Å²) in [5.74, 6) is 7.90. The monoisotopic (exact) mass is 160 g/mol. The Hall–Kier alpha value is -1.44. The second kappa shape index (κ2) is 5.35. The molecule has 0 fully saturated rings. The Bertz CT molecular complexity index is 178. The van der Waals surface area contributed by atoms with E-state index in [-0.39, 0.29) is 0 Å². The van der Waals surface area contributed by atoms with Gasteiger partial charge in [0.05, 0.1) is 0 Å². The molecule has 0 aliphatic carbocycles. The third kappa shape index (κ3) is 5.03. The molecule has 1 amide bonds. The van der Waals surface area contributed by atoms with E-state index < -0.39 is 11.9 Å². The first-order valence-electron chi connectivity index (χ1n) is 2.55. The number of carbonyl (C=O) groups excluding carboxylic acids is 2. The van der Waals surface area contributed by atoms with Crippen LogP contribution in [0.4, 0.5) is 0 Å². The summed E-state index contributed by atoms with van der Waals surface area (Å²) in [6, 6.07) is 0. The highest BCUT2D eigenvalue weighted by Crippen LogP contribution is 1.75. The molecule has 6 N–H and O–H groups in total. The summed E-state index contributed by atoms with van der Waals surface area (Å²) in [5, 5.41) is 0. The molecule has 0 unspecified atom stereocenters. The number of rotatable bonds is 3. The molecule has 0 aromatic rings. The number of hydrogen-bond donors (Lipinski definition) is 4. The minimum Gasteiger partial charge on any atom is -0.352 e. The SMILES string of the molecule is NNOC(=O)/C=C\C(=O)NN. The van der Waals surface area contributed by atoms with Crippen molar-refractivity contribution in [3.63, 3.8) is 0 Å². The Balaban J connectivity index is 3.73. The standard InChI is InChI=1S/C4H8N4O3/c5-7-3(9)1-2-4(10)11-8-6/h1-2,8H,5-6H2,(H,7,9)/b2-1-. The van der Waals surface area contributed by atoms with Crippen LogP contribution in [0.15, 0.2) is 12.2 Å². The Morgan fingerprint density at radius 2 is 1.91 bits per heavy atom. The first-order valence-corrected chi connectivity index (χ1v) is 2.55. The quantitative estimate of drug-likeness (QED) is 0.156. The summed E-state index contributed by atoms with van der Waals surface area (Å²) in [4.78, 5) is 24.7. The van der Waals surface area contributed by atoms with Gasteiger partial charge in [0.25, 0.3) is 5.91 Å². The molecule has 0 atom stereocenters. The Labute approximate surface area is 62.3 Å². The maximum atomic E-state index is 10.4. The van der Waals surface area contributed by atoms with Crippen molar-refractivity contribution in [2.24, 2.45) is 11.7 Å². The molecular weight excluding hydrogens is 152 g/mol. The third-order valence-electron chi connectivity index (χ3n) is 0.673. The highest BCUT2D eigenvalue weighted by atomic mass is 16.7. The van der Waals surface area contributed by atoms with Gasteiger partial charge in [0.1, 0.15) is 0 Å². The van der Waals surface area contributed by atoms with E-state index in [2.05, 4.69) is 16.5 Å². The van der Waals surface area contributed by atoms with Crippen LogP contribution in [0.25, 0.3) is 0 Å². The maximum absolute atomic E-state index is 10.4. The van der Waals surface area contributed by atoms with E-state index >= 15 is 0 Å². The van der Waals surface area contributed by atoms with E-state index in [0.717, 1.165) is 12.2 Å². The molecular formula is C4H8N4O3. The first-order chi connectivity index (χ1) is 5.20. The van der Waals surface area contributed by atoms with Gasteiger partial charge in [-0.1, -0.05) is 5.59 Å². The molecule has 0 aliphatic rings. The van der Waals surface area contributed by atoms with Gasteiger partial charge < -0.3 is 4.84 Å². The van der Waals surface area contributed by atoms with Crippen LogP contribution >= 0.6 is 0 Å². The van der Waals surface area contributed by atoms with Gasteiger partial charge in [0, 0.05) is 12.2 Å². The van der Waals surface area contributed by atoms with E-state index in [0.29, 0.717) is 0 Å². The maximum Gasteiger partial charge on any atom is 0.350 e. The summed E-state index contributed by atoms with van der Waals surface area (Å²) in [7, 11) is 0. The fourth-order valence-corrected chi connectivity index (χ4v) is 0.284. The molecule has 0 heterocycles. The van der Waals surface area contributed by atoms with Crippen LogP contribution in [0.1, 0.15) is 0 Å². The predicted molar refractivity (Wildman–Crippen MR) is 34.9 cm³/mol. The zero-order valence-electron chi connectivity index (χ0n) is 5.53. The molecule has 0 aromatic heterocycles. The molecule has 0 aromatic carbocycles. The van der Waals surface area contributed by atoms with Crippen LogP contribution in [-0.2, 0) is 14.4 Å². The third-order valence-corrected chi connectivity index (χ3v) is 0.673. The fraction of sp³-hybridized carbons (Fsp3) is 0. The number of carbonyl (C=O) groups is 2. The topological polar surface area (TPSA) is 119 Å². The summed E-state index contributed by atoms with van der Waals surface area (Å²) in [6.45, 7) is 0. The number of amides is 1. The molecule has 0 saturated carbocycles. The molecule has 0 spiro atoms. The van der Waals surface area contributed by atoms with Crippen LogP contribution in [0.3, 0.4) is 0 Å². The Morgan fingerprint density at radius 1 is 1.27 bits per heavy atom. The van der Waals surface area contributed by atoms with Gasteiger partial charge in [-0.25, -0.2) is 16.5 Å². The van der Waals surface area contributed by atoms with Crippen LogP contribution in [0, 0.1) is 0 Å². The lowest BCUT2D eigenvalue weighted by Gasteiger charge is -1.93. The Morgan fingerprint density at radius 3 is 2.36 bits per heavy atom. The van der Waals surface area contributed by atoms with Gasteiger partial charge in [-0.05, 0) is 0 Å². The van der Waals surface area contributed by atoms with Crippen molar-refractivity contribution in [2.75, 3.05) is 0 Å². The van der Waals surface area contributed by atoms with Crippen LogP contribution < -0.4 is 22.7 Å². The molecule has 0 rings (SSSR count). The zero-order chi connectivity index (χ0) is 8.69. The molecule has 0 bridgehead atoms. The number of nitrogens with one attached hydrogen (secondary N) is 2. The van der Waals surface area contributed by atoms with Crippen molar-refractivity contribution in [3.8, 4) is 0 Å². The van der Waals surface area contributed by atoms with Crippen molar-refractivity contribution in [1.29, 1.82) is 0 Å². The van der Waals surface area contributed by atoms with Crippen molar-refractivity contribution >= 4 is 11.9 Å². The summed E-state index contributed by atoms with van der Waals surface area (Å²) in [5.41, 5.74) is 3.42. The summed E-state index contributed by atoms with van der Waals surface area (Å²) in [6.07, 6.45) is 1.77. The molecule has 7 nitrogen and oxygen atoms in total. The minimum absolute atomic E-state index is 0.612. The smallest absolute Gasteiger partial charge is 0.350 e. The molecule has 0 aliphatic heterocycles. The van der Waals surface area contributed by atoms with Crippen LogP contribution in [0.2, 0.25) is 0 Å². The van der Waals surface area contributed by atoms with E-state index in [1.54, 1.807) is 11.0 Å². The van der Waals surface area contributed by atoms with Crippen molar-refractivity contribution in [2.45, 2.75) is 0 Å². The normalized spacial score (nSPS) is 9.64. The summed E-state index contributed by atoms with van der Waals surface area (Å²) < 4.78 is 0. The predicted octanol–water partition coefficient (Wildman–Crippen LogP) is -2.55. The van der Waals surface area contributed by atoms with Crippen LogP contribution in [0.5, 0.6) is 0 Å². The van der Waals surface area contributed by atoms with Gasteiger partial charge in [0.15, 0.2) is 0 Å². The van der Waals surface area contributed by atoms with Crippen LogP contribution in [-0.4, -0.2) is 11.9 Å². The number of nitrogens with two attached hydrogens (primary N) is 2. The van der Waals surface area contributed by atoms with E-state index in [4.69, 9.17) is 0 Å². The van der Waals surface area contributed by atoms with E-state index in [9.17, 15) is 9.59 Å². The fourth-order valence-electron chi connectivity index (χ4n) is 0.284. The number of hydrogen-bond acceptors (Lipinski definition) is 6. The van der Waals surface area contributed by atoms with Crippen molar-refractivity contribution in [1.82, 2.24) is 11.0 Å². The van der Waals surface area contributed by atoms with E-state index in [1.807, 2.05) is 0 Å². The average Bonchev–Trinajstić information content (AvgIpc) is 2.01. The summed E-state index contributed by atoms with van der Waals surface area (Å²) >= 11 is 0. The lowest BCUT2D eigenvalue weighted by atomic mass is 10.5. The molecule has 0 saturated heterocycles. The second-order valence-electron chi connectivity index (χ2n) is 1.38. The van der Waals surface area contributed by atoms with Crippen molar-refractivity contribution in [3.05, 3.63) is 12.2 Å². The molecule has 0 radical (unpaired) electrons. The minimum atomic E-state index is -0.795. The lowest BCUT2D eigenvalue weighted by Crippen LogP contribution is -2.29. The first kappa shape index (κ1) is 9.56. The number of hydrazine groups is 2. The van der Waals surface area contributed by atoms with E-state index in [1.165, 1.54) is 0 Å². The lowest BCUT2D eigenvalue weighted by molar-refractivity contribution is -0.145. The van der Waals surface area contributed by atoms with Crippen molar-refractivity contribution < 1.29 is 14.4 Å². The Kier molecular flexibility index (Phi) is 4.65. The molecule has 62 valence electrons. The van der Waals surface area contributed by atoms with Gasteiger partial charge in [-0.3, -0.25) is 10.2 Å². The molecule has 7 heteroatoms. The van der Waals surface area contributed by atoms with Gasteiger partial charge in [0.2, 0.25) is 0 Å². The highest BCUT2D eigenvalue weighted by Gasteiger charge is 1.95. The zero-order valence-corrected chi connectivity index (χ0v) is 5.53. The largest absolute Gasteiger partial charge is 0.352 e. The van der Waals surface area contributed by atoms with Gasteiger partial charge in [-0.15, -0.1) is 0 Å². The second-order valence-corrected chi connectivity index (χ2v) is 1.38. The average molecular weight is 160 g/mol. The van der Waals surface area contributed by atoms with Gasteiger partial charge >= 0.3 is 5.97 Å².